The first-order valence-corrected chi connectivity index (χ1v) is 16.5. The van der Waals surface area contributed by atoms with Gasteiger partial charge in [0.05, 0.1) is 16.6 Å². The highest BCUT2D eigenvalue weighted by Crippen LogP contribution is 2.44. The van der Waals surface area contributed by atoms with Crippen LogP contribution in [0, 0.1) is 0 Å². The monoisotopic (exact) mass is 598 g/mol. The lowest BCUT2D eigenvalue weighted by molar-refractivity contribution is 1.06. The van der Waals surface area contributed by atoms with Gasteiger partial charge in [-0.1, -0.05) is 133 Å². The average Bonchev–Trinajstić information content (AvgIpc) is 3.54. The van der Waals surface area contributed by atoms with Crippen LogP contribution in [0.2, 0.25) is 0 Å². The largest absolute Gasteiger partial charge is 0.292 e. The van der Waals surface area contributed by atoms with Crippen molar-refractivity contribution in [3.63, 3.8) is 0 Å². The molecule has 9 aromatic rings. The second-order valence-corrected chi connectivity index (χ2v) is 12.6. The summed E-state index contributed by atoms with van der Waals surface area (Å²) in [4.78, 5) is 5.27. The summed E-state index contributed by atoms with van der Waals surface area (Å²) in [6.45, 7) is 0. The number of para-hydroxylation sites is 1. The van der Waals surface area contributed by atoms with Crippen molar-refractivity contribution in [1.29, 1.82) is 0 Å². The molecule has 10 rings (SSSR count). The Morgan fingerprint density at radius 3 is 1.94 bits per heavy atom. The SMILES string of the molecule is C1=CCCC(c2c3ccccc3c(-c3ccccc3)c3ccc(-c4ccc5c(c4)nc4c6ccccc6c6ccccc6n54)cc23)=C1. The van der Waals surface area contributed by atoms with Gasteiger partial charge in [-0.15, -0.1) is 0 Å². The number of allylic oxidation sites excluding steroid dienone is 4. The van der Waals surface area contributed by atoms with E-state index in [2.05, 4.69) is 162 Å². The Kier molecular flexibility index (Phi) is 5.73. The van der Waals surface area contributed by atoms with E-state index in [9.17, 15) is 0 Å². The highest BCUT2D eigenvalue weighted by molar-refractivity contribution is 6.19. The first-order valence-electron chi connectivity index (χ1n) is 16.5. The van der Waals surface area contributed by atoms with Crippen molar-refractivity contribution < 1.29 is 0 Å². The van der Waals surface area contributed by atoms with Crippen molar-refractivity contribution in [1.82, 2.24) is 9.38 Å². The zero-order chi connectivity index (χ0) is 30.9. The molecule has 2 heteroatoms. The van der Waals surface area contributed by atoms with Gasteiger partial charge < -0.3 is 0 Å². The maximum Gasteiger partial charge on any atom is 0.146 e. The molecule has 0 unspecified atom stereocenters. The number of hydrogen-bond donors (Lipinski definition) is 0. The molecule has 0 bridgehead atoms. The minimum atomic E-state index is 1.00. The van der Waals surface area contributed by atoms with Crippen LogP contribution in [-0.2, 0) is 0 Å². The van der Waals surface area contributed by atoms with E-state index in [0.717, 1.165) is 29.5 Å². The molecule has 47 heavy (non-hydrogen) atoms. The molecule has 0 saturated heterocycles. The van der Waals surface area contributed by atoms with Gasteiger partial charge in [0.1, 0.15) is 5.65 Å². The maximum atomic E-state index is 5.27. The molecule has 0 radical (unpaired) electrons. The smallest absolute Gasteiger partial charge is 0.146 e. The average molecular weight is 599 g/mol. The van der Waals surface area contributed by atoms with Gasteiger partial charge in [0.25, 0.3) is 0 Å². The Balaban J connectivity index is 1.26. The van der Waals surface area contributed by atoms with Crippen molar-refractivity contribution in [3.05, 3.63) is 163 Å². The molecule has 2 aromatic heterocycles. The molecule has 1 aliphatic rings. The fourth-order valence-corrected chi connectivity index (χ4v) is 7.92. The molecule has 2 nitrogen and oxygen atoms in total. The number of benzene rings is 7. The highest BCUT2D eigenvalue weighted by atomic mass is 15.0. The van der Waals surface area contributed by atoms with E-state index in [1.165, 1.54) is 76.6 Å². The van der Waals surface area contributed by atoms with Gasteiger partial charge in [-0.3, -0.25) is 4.40 Å². The second kappa shape index (κ2) is 10.3. The zero-order valence-electron chi connectivity index (χ0n) is 25.8. The number of nitrogens with zero attached hydrogens (tertiary/aromatic N) is 2. The first kappa shape index (κ1) is 26.2. The number of hydrogen-bond acceptors (Lipinski definition) is 1. The molecule has 0 N–H and O–H groups in total. The molecule has 0 aliphatic heterocycles. The van der Waals surface area contributed by atoms with Crippen LogP contribution in [0.25, 0.3) is 87.7 Å². The fraction of sp³-hybridized carbons (Fsp3) is 0.0444. The molecule has 0 fully saturated rings. The summed E-state index contributed by atoms with van der Waals surface area (Å²) < 4.78 is 2.33. The summed E-state index contributed by atoms with van der Waals surface area (Å²) in [5, 5.41) is 8.86. The van der Waals surface area contributed by atoms with Crippen molar-refractivity contribution >= 4 is 65.5 Å². The summed E-state index contributed by atoms with van der Waals surface area (Å²) in [6, 6.07) is 51.0. The molecule has 1 aliphatic carbocycles. The molecule has 7 aromatic carbocycles. The normalized spacial score (nSPS) is 13.4. The minimum Gasteiger partial charge on any atom is -0.292 e. The van der Waals surface area contributed by atoms with Crippen molar-refractivity contribution in [3.8, 4) is 22.3 Å². The molecular formula is C45H30N2. The Bertz CT molecular complexity index is 2780. The molecule has 220 valence electrons. The van der Waals surface area contributed by atoms with Gasteiger partial charge in [-0.25, -0.2) is 4.98 Å². The van der Waals surface area contributed by atoms with Gasteiger partial charge >= 0.3 is 0 Å². The summed E-state index contributed by atoms with van der Waals surface area (Å²) in [7, 11) is 0. The zero-order valence-corrected chi connectivity index (χ0v) is 25.8. The topological polar surface area (TPSA) is 17.3 Å². The van der Waals surface area contributed by atoms with E-state index in [0.29, 0.717) is 0 Å². The van der Waals surface area contributed by atoms with Gasteiger partial charge in [0, 0.05) is 10.8 Å². The lowest BCUT2D eigenvalue weighted by atomic mass is 9.83. The predicted molar refractivity (Wildman–Crippen MR) is 200 cm³/mol. The van der Waals surface area contributed by atoms with Crippen molar-refractivity contribution in [2.45, 2.75) is 12.8 Å². The minimum absolute atomic E-state index is 1.00. The van der Waals surface area contributed by atoms with Gasteiger partial charge in [-0.2, -0.15) is 0 Å². The predicted octanol–water partition coefficient (Wildman–Crippen LogP) is 12.2. The van der Waals surface area contributed by atoms with Gasteiger partial charge in [0.2, 0.25) is 0 Å². The van der Waals surface area contributed by atoms with E-state index < -0.39 is 0 Å². The number of pyridine rings is 1. The summed E-state index contributed by atoms with van der Waals surface area (Å²) in [6.07, 6.45) is 8.92. The summed E-state index contributed by atoms with van der Waals surface area (Å²) >= 11 is 0. The van der Waals surface area contributed by atoms with Crippen LogP contribution in [0.15, 0.2) is 158 Å². The molecule has 2 heterocycles. The van der Waals surface area contributed by atoms with Crippen LogP contribution >= 0.6 is 0 Å². The third kappa shape index (κ3) is 3.95. The van der Waals surface area contributed by atoms with Crippen LogP contribution in [0.5, 0.6) is 0 Å². The summed E-state index contributed by atoms with van der Waals surface area (Å²) in [5.74, 6) is 0. The standard InChI is InChI=1S/C45H30N2/c1-3-13-29(14-4-1)43-35-19-8-9-20-36(35)44(30-15-5-2-6-16-30)39-27-31(23-25-37(39)43)32-24-26-42-40(28-32)46-45-38-21-10-7-17-33(38)34-18-11-12-22-41(34)47(42)45/h1-5,7-15,17-28H,6,16H2. The lowest BCUT2D eigenvalue weighted by Gasteiger charge is -2.20. The van der Waals surface area contributed by atoms with E-state index in [4.69, 9.17) is 4.98 Å². The quantitative estimate of drug-likeness (QED) is 0.146. The maximum absolute atomic E-state index is 5.27. The fourth-order valence-electron chi connectivity index (χ4n) is 7.92. The molecule has 0 amide bonds. The second-order valence-electron chi connectivity index (χ2n) is 12.6. The van der Waals surface area contributed by atoms with Crippen molar-refractivity contribution in [2.75, 3.05) is 0 Å². The van der Waals surface area contributed by atoms with Crippen LogP contribution < -0.4 is 0 Å². The number of rotatable bonds is 3. The Morgan fingerprint density at radius 1 is 0.468 bits per heavy atom. The number of aromatic nitrogens is 2. The number of fused-ring (bicyclic) bond motifs is 10. The van der Waals surface area contributed by atoms with Crippen LogP contribution in [0.4, 0.5) is 0 Å². The van der Waals surface area contributed by atoms with E-state index in [-0.39, 0.29) is 0 Å². The van der Waals surface area contributed by atoms with Gasteiger partial charge in [0.15, 0.2) is 0 Å². The first-order chi connectivity index (χ1) is 23.3. The molecule has 0 spiro atoms. The molecule has 0 atom stereocenters. The van der Waals surface area contributed by atoms with Crippen molar-refractivity contribution in [2.24, 2.45) is 0 Å². The third-order valence-electron chi connectivity index (χ3n) is 10.0. The van der Waals surface area contributed by atoms with Gasteiger partial charge in [-0.05, 0) is 97.4 Å². The lowest BCUT2D eigenvalue weighted by Crippen LogP contribution is -1.96. The Morgan fingerprint density at radius 2 is 1.13 bits per heavy atom. The molecular weight excluding hydrogens is 569 g/mol. The van der Waals surface area contributed by atoms with E-state index >= 15 is 0 Å². The molecule has 0 saturated carbocycles. The van der Waals surface area contributed by atoms with Crippen LogP contribution in [-0.4, -0.2) is 9.38 Å². The highest BCUT2D eigenvalue weighted by Gasteiger charge is 2.19. The Labute approximate surface area is 272 Å². The summed E-state index contributed by atoms with van der Waals surface area (Å²) in [5.41, 5.74) is 12.0. The number of imidazole rings is 1. The van der Waals surface area contributed by atoms with Crippen LogP contribution in [0.1, 0.15) is 18.4 Å². The van der Waals surface area contributed by atoms with Crippen LogP contribution in [0.3, 0.4) is 0 Å². The Hall–Kier alpha value is -5.99. The van der Waals surface area contributed by atoms with E-state index in [1.54, 1.807) is 0 Å². The third-order valence-corrected chi connectivity index (χ3v) is 10.0. The van der Waals surface area contributed by atoms with E-state index in [1.807, 2.05) is 0 Å².